The van der Waals surface area contributed by atoms with E-state index in [4.69, 9.17) is 5.26 Å². The van der Waals surface area contributed by atoms with Crippen LogP contribution in [-0.4, -0.2) is 16.2 Å². The number of nitrogens with one attached hydrogen (secondary N) is 1. The lowest BCUT2D eigenvalue weighted by Gasteiger charge is -2.24. The lowest BCUT2D eigenvalue weighted by Crippen LogP contribution is -2.37. The topological polar surface area (TPSA) is 75.9 Å². The van der Waals surface area contributed by atoms with E-state index in [0.29, 0.717) is 16.1 Å². The zero-order valence-corrected chi connectivity index (χ0v) is 15.1. The number of nitriles is 1. The van der Waals surface area contributed by atoms with Crippen LogP contribution in [0.3, 0.4) is 0 Å². The molecular weight excluding hydrogens is 339 g/mol. The number of hydrogen-bond donors (Lipinski definition) is 1. The first-order chi connectivity index (χ1) is 11.7. The number of halogens is 1. The van der Waals surface area contributed by atoms with Crippen LogP contribution in [0.25, 0.3) is 0 Å². The molecule has 0 aromatic heterocycles. The number of carbonyl (C=O) groups excluding carboxylic acids is 1. The monoisotopic (exact) mass is 358 g/mol. The van der Waals surface area contributed by atoms with Gasteiger partial charge in [0.2, 0.25) is 5.91 Å². The first-order valence-electron chi connectivity index (χ1n) is 7.69. The van der Waals surface area contributed by atoms with Gasteiger partial charge in [-0.1, -0.05) is 0 Å². The third kappa shape index (κ3) is 4.81. The Labute approximate surface area is 149 Å². The fourth-order valence-corrected chi connectivity index (χ4v) is 3.62. The number of nitrogens with zero attached hydrogens (tertiary/aromatic N) is 1. The summed E-state index contributed by atoms with van der Waals surface area (Å²) in [7, 11) is 0. The Morgan fingerprint density at radius 3 is 2.48 bits per heavy atom. The van der Waals surface area contributed by atoms with Crippen molar-refractivity contribution >= 4 is 22.8 Å². The van der Waals surface area contributed by atoms with Gasteiger partial charge in [-0.25, -0.2) is 4.39 Å². The van der Waals surface area contributed by atoms with Gasteiger partial charge < -0.3 is 9.87 Å². The molecule has 1 unspecified atom stereocenters. The molecule has 130 valence electrons. The van der Waals surface area contributed by atoms with Gasteiger partial charge in [-0.3, -0.25) is 4.79 Å². The van der Waals surface area contributed by atoms with E-state index in [1.807, 2.05) is 0 Å². The summed E-state index contributed by atoms with van der Waals surface area (Å²) in [6.45, 7) is 5.21. The number of aryl methyl sites for hydroxylation is 1. The summed E-state index contributed by atoms with van der Waals surface area (Å²) in [6, 6.07) is 12.5. The van der Waals surface area contributed by atoms with Crippen molar-refractivity contribution in [2.75, 3.05) is 11.1 Å². The molecule has 0 bridgehead atoms. The standard InChI is InChI=1S/C19H19FN2O2S/c1-13-10-16(7-4-14(13)11-21)22-18(23)19(2,3)12-25(24)17-8-5-15(20)6-9-17/h4-10H,12H2,1-3H3,(H,22,23). The average Bonchev–Trinajstić information content (AvgIpc) is 2.55. The predicted molar refractivity (Wildman–Crippen MR) is 96.0 cm³/mol. The van der Waals surface area contributed by atoms with Crippen molar-refractivity contribution in [1.82, 2.24) is 0 Å². The van der Waals surface area contributed by atoms with E-state index in [9.17, 15) is 13.7 Å². The first kappa shape index (κ1) is 19.0. The molecule has 1 amide bonds. The van der Waals surface area contributed by atoms with Crippen LogP contribution in [-0.2, 0) is 16.0 Å². The summed E-state index contributed by atoms with van der Waals surface area (Å²) < 4.78 is 25.4. The lowest BCUT2D eigenvalue weighted by molar-refractivity contribution is -0.122. The fourth-order valence-electron chi connectivity index (χ4n) is 2.23. The maximum atomic E-state index is 13.0. The second-order valence-electron chi connectivity index (χ2n) is 6.42. The molecule has 1 N–H and O–H groups in total. The molecule has 0 heterocycles. The zero-order chi connectivity index (χ0) is 18.6. The highest BCUT2D eigenvalue weighted by Gasteiger charge is 2.34. The van der Waals surface area contributed by atoms with Gasteiger partial charge in [0, 0.05) is 5.69 Å². The summed E-state index contributed by atoms with van der Waals surface area (Å²) in [4.78, 5) is 13.0. The Balaban J connectivity index is 2.07. The second kappa shape index (κ2) is 7.68. The van der Waals surface area contributed by atoms with Crippen LogP contribution in [0.4, 0.5) is 10.1 Å². The van der Waals surface area contributed by atoms with Gasteiger partial charge in [-0.2, -0.15) is 5.26 Å². The molecule has 2 aromatic carbocycles. The second-order valence-corrected chi connectivity index (χ2v) is 7.87. The van der Waals surface area contributed by atoms with Crippen LogP contribution < -0.4 is 5.32 Å². The molecule has 4 nitrogen and oxygen atoms in total. The van der Waals surface area contributed by atoms with Gasteiger partial charge in [0.25, 0.3) is 0 Å². The first-order valence-corrected chi connectivity index (χ1v) is 9.01. The quantitative estimate of drug-likeness (QED) is 0.827. The molecule has 0 saturated carbocycles. The molecular formula is C19H19FN2O2S. The molecule has 2 rings (SSSR count). The lowest BCUT2D eigenvalue weighted by atomic mass is 9.95. The summed E-state index contributed by atoms with van der Waals surface area (Å²) >= 11 is -1.42. The van der Waals surface area contributed by atoms with Crippen molar-refractivity contribution in [2.45, 2.75) is 25.7 Å². The summed E-state index contributed by atoms with van der Waals surface area (Å²) in [5, 5.41) is 11.7. The number of rotatable bonds is 5. The van der Waals surface area contributed by atoms with Gasteiger partial charge in [0.15, 0.2) is 4.90 Å². The molecule has 0 aliphatic heterocycles. The summed E-state index contributed by atoms with van der Waals surface area (Å²) in [5.74, 6) is -0.555. The molecule has 1 atom stereocenters. The highest BCUT2D eigenvalue weighted by molar-refractivity contribution is 7.91. The molecule has 0 aliphatic rings. The minimum atomic E-state index is -1.42. The van der Waals surface area contributed by atoms with E-state index in [2.05, 4.69) is 11.4 Å². The van der Waals surface area contributed by atoms with Crippen molar-refractivity contribution in [2.24, 2.45) is 5.41 Å². The van der Waals surface area contributed by atoms with Gasteiger partial charge in [-0.15, -0.1) is 0 Å². The third-order valence-electron chi connectivity index (χ3n) is 3.79. The number of amides is 1. The van der Waals surface area contributed by atoms with E-state index in [-0.39, 0.29) is 11.7 Å². The van der Waals surface area contributed by atoms with E-state index < -0.39 is 22.4 Å². The Kier molecular flexibility index (Phi) is 5.83. The van der Waals surface area contributed by atoms with E-state index in [1.165, 1.54) is 24.3 Å². The van der Waals surface area contributed by atoms with Crippen LogP contribution in [0.1, 0.15) is 25.0 Å². The average molecular weight is 358 g/mol. The molecule has 0 aliphatic carbocycles. The van der Waals surface area contributed by atoms with Crippen molar-refractivity contribution in [3.05, 3.63) is 59.4 Å². The summed E-state index contributed by atoms with van der Waals surface area (Å²) in [6.07, 6.45) is 0. The van der Waals surface area contributed by atoms with Crippen molar-refractivity contribution in [3.63, 3.8) is 0 Å². The third-order valence-corrected chi connectivity index (χ3v) is 5.57. The van der Waals surface area contributed by atoms with E-state index in [0.717, 1.165) is 5.56 Å². The molecule has 0 fully saturated rings. The number of anilines is 1. The van der Waals surface area contributed by atoms with Gasteiger partial charge >= 0.3 is 0 Å². The molecule has 0 radical (unpaired) electrons. The Morgan fingerprint density at radius 1 is 1.28 bits per heavy atom. The molecule has 25 heavy (non-hydrogen) atoms. The molecule has 2 aromatic rings. The molecule has 6 heteroatoms. The SMILES string of the molecule is Cc1cc(NC(=O)C(C)(C)C[S+]([O-])c2ccc(F)cc2)ccc1C#N. The smallest absolute Gasteiger partial charge is 0.234 e. The highest BCUT2D eigenvalue weighted by Crippen LogP contribution is 2.25. The molecule has 0 spiro atoms. The van der Waals surface area contributed by atoms with Gasteiger partial charge in [-0.05, 0) is 80.0 Å². The molecule has 0 saturated heterocycles. The van der Waals surface area contributed by atoms with E-state index in [1.54, 1.807) is 39.0 Å². The van der Waals surface area contributed by atoms with Crippen LogP contribution in [0, 0.1) is 29.5 Å². The van der Waals surface area contributed by atoms with Crippen molar-refractivity contribution in [3.8, 4) is 6.07 Å². The van der Waals surface area contributed by atoms with Crippen LogP contribution in [0.5, 0.6) is 0 Å². The Morgan fingerprint density at radius 2 is 1.92 bits per heavy atom. The minimum absolute atomic E-state index is 0.111. The fraction of sp³-hybridized carbons (Fsp3) is 0.263. The van der Waals surface area contributed by atoms with Crippen molar-refractivity contribution < 1.29 is 13.7 Å². The normalized spacial score (nSPS) is 12.3. The number of benzene rings is 2. The number of carbonyl (C=O) groups is 1. The number of hydrogen-bond acceptors (Lipinski definition) is 3. The van der Waals surface area contributed by atoms with E-state index >= 15 is 0 Å². The predicted octanol–water partition coefficient (Wildman–Crippen LogP) is 3.78. The van der Waals surface area contributed by atoms with Crippen molar-refractivity contribution in [1.29, 1.82) is 5.26 Å². The Bertz CT molecular complexity index is 813. The maximum absolute atomic E-state index is 13.0. The highest BCUT2D eigenvalue weighted by atomic mass is 32.2. The van der Waals surface area contributed by atoms with Gasteiger partial charge in [0.1, 0.15) is 11.6 Å². The van der Waals surface area contributed by atoms with Crippen LogP contribution in [0.2, 0.25) is 0 Å². The summed E-state index contributed by atoms with van der Waals surface area (Å²) in [5.41, 5.74) is 1.02. The zero-order valence-electron chi connectivity index (χ0n) is 14.3. The largest absolute Gasteiger partial charge is 0.611 e. The van der Waals surface area contributed by atoms with Crippen LogP contribution in [0.15, 0.2) is 47.4 Å². The van der Waals surface area contributed by atoms with Gasteiger partial charge in [0.05, 0.1) is 17.0 Å². The maximum Gasteiger partial charge on any atom is 0.234 e. The minimum Gasteiger partial charge on any atom is -0.611 e. The Hall–Kier alpha value is -2.36. The van der Waals surface area contributed by atoms with Crippen LogP contribution >= 0.6 is 0 Å².